The lowest BCUT2D eigenvalue weighted by atomic mass is 10.2. The maximum Gasteiger partial charge on any atom is 0.194 e. The molecule has 3 N–H and O–H groups in total. The van der Waals surface area contributed by atoms with Crippen molar-refractivity contribution in [2.24, 2.45) is 0 Å². The highest BCUT2D eigenvalue weighted by Crippen LogP contribution is 2.21. The number of benzene rings is 1. The van der Waals surface area contributed by atoms with Crippen LogP contribution in [-0.2, 0) is 0 Å². The maximum atomic E-state index is 13.0. The molecule has 2 aromatic rings. The van der Waals surface area contributed by atoms with Crippen molar-refractivity contribution < 1.29 is 13.2 Å². The Hall–Kier alpha value is -2.24. The first-order chi connectivity index (χ1) is 8.47. The van der Waals surface area contributed by atoms with E-state index in [9.17, 15) is 13.2 Å². The highest BCUT2D eigenvalue weighted by molar-refractivity contribution is 5.59. The predicted molar refractivity (Wildman–Crippen MR) is 63.0 cm³/mol. The van der Waals surface area contributed by atoms with Gasteiger partial charge in [0.25, 0.3) is 0 Å². The van der Waals surface area contributed by atoms with Gasteiger partial charge in [0, 0.05) is 17.8 Å². The molecule has 0 aliphatic heterocycles. The Morgan fingerprint density at radius 3 is 2.28 bits per heavy atom. The average molecular weight is 253 g/mol. The molecule has 0 bridgehead atoms. The van der Waals surface area contributed by atoms with E-state index in [1.54, 1.807) is 19.1 Å². The van der Waals surface area contributed by atoms with Crippen LogP contribution in [0.15, 0.2) is 24.3 Å². The van der Waals surface area contributed by atoms with Crippen molar-refractivity contribution in [2.75, 3.05) is 11.1 Å². The molecule has 3 nitrogen and oxygen atoms in total. The third-order valence-electron chi connectivity index (χ3n) is 2.38. The number of hydrogen-bond acceptors (Lipinski definition) is 3. The summed E-state index contributed by atoms with van der Waals surface area (Å²) in [4.78, 5) is 4.08. The van der Waals surface area contributed by atoms with Gasteiger partial charge in [0.05, 0.1) is 11.4 Å². The molecule has 94 valence electrons. The molecule has 0 aliphatic carbocycles. The third kappa shape index (κ3) is 2.37. The van der Waals surface area contributed by atoms with Crippen molar-refractivity contribution >= 4 is 17.2 Å². The summed E-state index contributed by atoms with van der Waals surface area (Å²) in [5, 5.41) is 2.67. The molecule has 0 saturated carbocycles. The van der Waals surface area contributed by atoms with Gasteiger partial charge < -0.3 is 11.1 Å². The van der Waals surface area contributed by atoms with Crippen LogP contribution in [0.5, 0.6) is 0 Å². The summed E-state index contributed by atoms with van der Waals surface area (Å²) in [6.45, 7) is 1.70. The second-order valence-electron chi connectivity index (χ2n) is 3.75. The number of aromatic nitrogens is 1. The third-order valence-corrected chi connectivity index (χ3v) is 2.38. The average Bonchev–Trinajstić information content (AvgIpc) is 2.31. The Kier molecular flexibility index (Phi) is 3.10. The first-order valence-electron chi connectivity index (χ1n) is 5.12. The van der Waals surface area contributed by atoms with E-state index in [4.69, 9.17) is 5.73 Å². The van der Waals surface area contributed by atoms with Gasteiger partial charge >= 0.3 is 0 Å². The number of aryl methyl sites for hydroxylation is 1. The number of nitrogens with zero attached hydrogens (tertiary/aromatic N) is 1. The van der Waals surface area contributed by atoms with Crippen molar-refractivity contribution in [1.82, 2.24) is 4.98 Å². The number of rotatable bonds is 2. The zero-order valence-electron chi connectivity index (χ0n) is 9.47. The molecular weight excluding hydrogens is 243 g/mol. The summed E-state index contributed by atoms with van der Waals surface area (Å²) in [6, 6.07) is 4.87. The quantitative estimate of drug-likeness (QED) is 0.808. The lowest BCUT2D eigenvalue weighted by Crippen LogP contribution is -2.00. The van der Waals surface area contributed by atoms with Crippen molar-refractivity contribution in [3.8, 4) is 0 Å². The van der Waals surface area contributed by atoms with Crippen molar-refractivity contribution in [3.05, 3.63) is 47.4 Å². The number of hydrogen-bond donors (Lipinski definition) is 2. The summed E-state index contributed by atoms with van der Waals surface area (Å²) in [7, 11) is 0. The molecule has 0 atom stereocenters. The Morgan fingerprint density at radius 2 is 1.72 bits per heavy atom. The van der Waals surface area contributed by atoms with E-state index < -0.39 is 17.5 Å². The SMILES string of the molecule is Cc1nc(Nc2cc(F)c(F)c(F)c2)ccc1N. The van der Waals surface area contributed by atoms with Gasteiger partial charge in [0.2, 0.25) is 0 Å². The fourth-order valence-corrected chi connectivity index (χ4v) is 1.42. The van der Waals surface area contributed by atoms with Crippen LogP contribution < -0.4 is 11.1 Å². The highest BCUT2D eigenvalue weighted by Gasteiger charge is 2.10. The number of anilines is 3. The lowest BCUT2D eigenvalue weighted by molar-refractivity contribution is 0.448. The van der Waals surface area contributed by atoms with E-state index in [1.807, 2.05) is 0 Å². The zero-order chi connectivity index (χ0) is 13.3. The monoisotopic (exact) mass is 253 g/mol. The van der Waals surface area contributed by atoms with Gasteiger partial charge in [0.1, 0.15) is 5.82 Å². The van der Waals surface area contributed by atoms with E-state index in [1.165, 1.54) is 0 Å². The minimum absolute atomic E-state index is 0.0723. The summed E-state index contributed by atoms with van der Waals surface area (Å²) in [5.74, 6) is -3.65. The molecular formula is C12H10F3N3. The second kappa shape index (κ2) is 4.56. The molecule has 0 fully saturated rings. The topological polar surface area (TPSA) is 50.9 Å². The van der Waals surface area contributed by atoms with Crippen LogP contribution in [0.25, 0.3) is 0 Å². The number of nitrogens with one attached hydrogen (secondary N) is 1. The largest absolute Gasteiger partial charge is 0.397 e. The summed E-state index contributed by atoms with van der Waals surface area (Å²) < 4.78 is 38.7. The number of nitrogens with two attached hydrogens (primary N) is 1. The minimum atomic E-state index is -1.50. The highest BCUT2D eigenvalue weighted by atomic mass is 19.2. The van der Waals surface area contributed by atoms with Gasteiger partial charge in [-0.2, -0.15) is 0 Å². The fourth-order valence-electron chi connectivity index (χ4n) is 1.42. The fraction of sp³-hybridized carbons (Fsp3) is 0.0833. The Labute approximate surface area is 101 Å². The van der Waals surface area contributed by atoms with E-state index >= 15 is 0 Å². The van der Waals surface area contributed by atoms with Gasteiger partial charge in [0.15, 0.2) is 17.5 Å². The van der Waals surface area contributed by atoms with Gasteiger partial charge in [-0.15, -0.1) is 0 Å². The molecule has 18 heavy (non-hydrogen) atoms. The van der Waals surface area contributed by atoms with Gasteiger partial charge in [-0.25, -0.2) is 18.2 Å². The summed E-state index contributed by atoms with van der Waals surface area (Å²) in [5.41, 5.74) is 6.76. The number of pyridine rings is 1. The van der Waals surface area contributed by atoms with Crippen LogP contribution >= 0.6 is 0 Å². The summed E-state index contributed by atoms with van der Waals surface area (Å²) in [6.07, 6.45) is 0. The molecule has 0 spiro atoms. The predicted octanol–water partition coefficient (Wildman–Crippen LogP) is 3.13. The van der Waals surface area contributed by atoms with Gasteiger partial charge in [-0.1, -0.05) is 0 Å². The molecule has 1 heterocycles. The van der Waals surface area contributed by atoms with Gasteiger partial charge in [-0.05, 0) is 19.1 Å². The van der Waals surface area contributed by atoms with Crippen molar-refractivity contribution in [1.29, 1.82) is 0 Å². The Bertz CT molecular complexity index is 576. The van der Waals surface area contributed by atoms with Gasteiger partial charge in [-0.3, -0.25) is 0 Å². The number of nitrogen functional groups attached to an aromatic ring is 1. The Morgan fingerprint density at radius 1 is 1.11 bits per heavy atom. The first-order valence-corrected chi connectivity index (χ1v) is 5.12. The molecule has 0 saturated heterocycles. The molecule has 0 radical (unpaired) electrons. The van der Waals surface area contributed by atoms with E-state index in [0.717, 1.165) is 12.1 Å². The normalized spacial score (nSPS) is 10.4. The van der Waals surface area contributed by atoms with Crippen LogP contribution in [0.1, 0.15) is 5.69 Å². The van der Waals surface area contributed by atoms with E-state index in [2.05, 4.69) is 10.3 Å². The van der Waals surface area contributed by atoms with Crippen LogP contribution in [-0.4, -0.2) is 4.98 Å². The molecule has 0 amide bonds. The van der Waals surface area contributed by atoms with Crippen molar-refractivity contribution in [3.63, 3.8) is 0 Å². The Balaban J connectivity index is 2.31. The zero-order valence-corrected chi connectivity index (χ0v) is 9.47. The molecule has 6 heteroatoms. The molecule has 2 rings (SSSR count). The van der Waals surface area contributed by atoms with Crippen LogP contribution in [0, 0.1) is 24.4 Å². The van der Waals surface area contributed by atoms with E-state index in [-0.39, 0.29) is 5.69 Å². The molecule has 1 aromatic carbocycles. The smallest absolute Gasteiger partial charge is 0.194 e. The van der Waals surface area contributed by atoms with E-state index in [0.29, 0.717) is 17.2 Å². The van der Waals surface area contributed by atoms with Crippen LogP contribution in [0.4, 0.5) is 30.4 Å². The second-order valence-corrected chi connectivity index (χ2v) is 3.75. The standard InChI is InChI=1S/C12H10F3N3/c1-6-10(16)2-3-11(17-6)18-7-4-8(13)12(15)9(14)5-7/h2-5H,16H2,1H3,(H,17,18). The molecule has 1 aromatic heterocycles. The van der Waals surface area contributed by atoms with Crippen LogP contribution in [0.2, 0.25) is 0 Å². The number of halogens is 3. The van der Waals surface area contributed by atoms with Crippen LogP contribution in [0.3, 0.4) is 0 Å². The summed E-state index contributed by atoms with van der Waals surface area (Å²) >= 11 is 0. The first kappa shape index (κ1) is 12.2. The molecule has 0 aliphatic rings. The maximum absolute atomic E-state index is 13.0. The minimum Gasteiger partial charge on any atom is -0.397 e. The molecule has 0 unspecified atom stereocenters. The van der Waals surface area contributed by atoms with Crippen molar-refractivity contribution in [2.45, 2.75) is 6.92 Å². The lowest BCUT2D eigenvalue weighted by Gasteiger charge is -2.08.